The number of ether oxygens (including phenoxy) is 1. The number of nitrogens with two attached hydrogens (primary N) is 1. The average Bonchev–Trinajstić information content (AvgIpc) is 2.30. The van der Waals surface area contributed by atoms with Crippen LogP contribution in [0.4, 0.5) is 0 Å². The minimum atomic E-state index is 0.0266. The maximum Gasteiger partial charge on any atom is 0.0468 e. The fraction of sp³-hybridized carbons (Fsp3) is 0.538. The van der Waals surface area contributed by atoms with E-state index in [0.717, 1.165) is 47.5 Å². The predicted molar refractivity (Wildman–Crippen MR) is 74.2 cm³/mol. The van der Waals surface area contributed by atoms with E-state index in [4.69, 9.17) is 22.1 Å². The van der Waals surface area contributed by atoms with Gasteiger partial charge in [0.05, 0.1) is 0 Å². The zero-order valence-electron chi connectivity index (χ0n) is 9.66. The van der Waals surface area contributed by atoms with Gasteiger partial charge >= 0.3 is 0 Å². The van der Waals surface area contributed by atoms with Crippen molar-refractivity contribution >= 4 is 27.5 Å². The van der Waals surface area contributed by atoms with E-state index in [9.17, 15) is 0 Å². The Hall–Kier alpha value is -0.0900. The van der Waals surface area contributed by atoms with Gasteiger partial charge in [0.2, 0.25) is 0 Å². The Morgan fingerprint density at radius 3 is 2.76 bits per heavy atom. The SMILES string of the molecule is NC(CC1CCOCC1)c1ccc(Br)cc1Cl. The summed E-state index contributed by atoms with van der Waals surface area (Å²) in [6.07, 6.45) is 3.22. The molecule has 1 aliphatic rings. The van der Waals surface area contributed by atoms with Gasteiger partial charge in [-0.1, -0.05) is 33.6 Å². The third-order valence-corrected chi connectivity index (χ3v) is 4.11. The molecule has 1 atom stereocenters. The molecule has 0 spiro atoms. The lowest BCUT2D eigenvalue weighted by molar-refractivity contribution is 0.0618. The van der Waals surface area contributed by atoms with Gasteiger partial charge < -0.3 is 10.5 Å². The van der Waals surface area contributed by atoms with Crippen molar-refractivity contribution in [1.29, 1.82) is 0 Å². The lowest BCUT2D eigenvalue weighted by Gasteiger charge is -2.25. The van der Waals surface area contributed by atoms with E-state index >= 15 is 0 Å². The molecular formula is C13H17BrClNO. The van der Waals surface area contributed by atoms with Crippen LogP contribution in [-0.2, 0) is 4.74 Å². The smallest absolute Gasteiger partial charge is 0.0468 e. The number of benzene rings is 1. The predicted octanol–water partition coefficient (Wildman–Crippen LogP) is 3.92. The molecule has 1 unspecified atom stereocenters. The summed E-state index contributed by atoms with van der Waals surface area (Å²) in [5.74, 6) is 0.665. The second-order valence-corrected chi connectivity index (χ2v) is 5.89. The largest absolute Gasteiger partial charge is 0.381 e. The third kappa shape index (κ3) is 3.68. The van der Waals surface area contributed by atoms with Crippen LogP contribution in [0.25, 0.3) is 0 Å². The summed E-state index contributed by atoms with van der Waals surface area (Å²) < 4.78 is 6.34. The molecule has 1 aromatic rings. The number of rotatable bonds is 3. The zero-order chi connectivity index (χ0) is 12.3. The van der Waals surface area contributed by atoms with Crippen molar-refractivity contribution in [2.75, 3.05) is 13.2 Å². The van der Waals surface area contributed by atoms with Gasteiger partial charge in [-0.05, 0) is 42.9 Å². The normalized spacial score (nSPS) is 19.2. The van der Waals surface area contributed by atoms with Gasteiger partial charge in [-0.3, -0.25) is 0 Å². The van der Waals surface area contributed by atoms with Gasteiger partial charge in [0.25, 0.3) is 0 Å². The van der Waals surface area contributed by atoms with Crippen LogP contribution in [-0.4, -0.2) is 13.2 Å². The first kappa shape index (κ1) is 13.3. The summed E-state index contributed by atoms with van der Waals surface area (Å²) >= 11 is 9.61. The summed E-state index contributed by atoms with van der Waals surface area (Å²) in [7, 11) is 0. The van der Waals surface area contributed by atoms with Gasteiger partial charge in [-0.2, -0.15) is 0 Å². The molecule has 17 heavy (non-hydrogen) atoms. The third-order valence-electron chi connectivity index (χ3n) is 3.29. The van der Waals surface area contributed by atoms with Gasteiger partial charge in [0.15, 0.2) is 0 Å². The Labute approximate surface area is 116 Å². The van der Waals surface area contributed by atoms with E-state index in [1.165, 1.54) is 0 Å². The molecule has 0 amide bonds. The summed E-state index contributed by atoms with van der Waals surface area (Å²) in [6, 6.07) is 5.93. The van der Waals surface area contributed by atoms with E-state index < -0.39 is 0 Å². The highest BCUT2D eigenvalue weighted by molar-refractivity contribution is 9.10. The first-order valence-corrected chi connectivity index (χ1v) is 7.12. The van der Waals surface area contributed by atoms with Crippen molar-refractivity contribution in [1.82, 2.24) is 0 Å². The molecular weight excluding hydrogens is 302 g/mol. The van der Waals surface area contributed by atoms with Crippen LogP contribution in [0.5, 0.6) is 0 Å². The zero-order valence-corrected chi connectivity index (χ0v) is 12.0. The molecule has 1 aromatic carbocycles. The van der Waals surface area contributed by atoms with Crippen molar-refractivity contribution in [3.05, 3.63) is 33.3 Å². The molecule has 1 aliphatic heterocycles. The maximum absolute atomic E-state index is 6.24. The van der Waals surface area contributed by atoms with Crippen molar-refractivity contribution in [2.24, 2.45) is 11.7 Å². The second kappa shape index (κ2) is 6.19. The molecule has 2 rings (SSSR count). The highest BCUT2D eigenvalue weighted by Crippen LogP contribution is 2.31. The molecule has 0 bridgehead atoms. The molecule has 0 radical (unpaired) electrons. The van der Waals surface area contributed by atoms with E-state index in [0.29, 0.717) is 5.92 Å². The fourth-order valence-corrected chi connectivity index (χ4v) is 3.08. The van der Waals surface area contributed by atoms with Crippen LogP contribution in [0.1, 0.15) is 30.9 Å². The van der Waals surface area contributed by atoms with E-state index in [1.807, 2.05) is 18.2 Å². The Balaban J connectivity index is 2.00. The van der Waals surface area contributed by atoms with Crippen molar-refractivity contribution in [3.63, 3.8) is 0 Å². The van der Waals surface area contributed by atoms with Crippen LogP contribution < -0.4 is 5.73 Å². The second-order valence-electron chi connectivity index (χ2n) is 4.56. The summed E-state index contributed by atoms with van der Waals surface area (Å²) in [5, 5.41) is 0.749. The number of hydrogen-bond donors (Lipinski definition) is 1. The van der Waals surface area contributed by atoms with Crippen molar-refractivity contribution in [3.8, 4) is 0 Å². The average molecular weight is 319 g/mol. The van der Waals surface area contributed by atoms with Crippen LogP contribution in [0, 0.1) is 5.92 Å². The first-order valence-electron chi connectivity index (χ1n) is 5.95. The van der Waals surface area contributed by atoms with Crippen molar-refractivity contribution < 1.29 is 4.74 Å². The van der Waals surface area contributed by atoms with Gasteiger partial charge in [-0.15, -0.1) is 0 Å². The molecule has 0 aromatic heterocycles. The minimum Gasteiger partial charge on any atom is -0.381 e. The fourth-order valence-electron chi connectivity index (χ4n) is 2.27. The lowest BCUT2D eigenvalue weighted by atomic mass is 9.90. The van der Waals surface area contributed by atoms with Crippen LogP contribution in [0.2, 0.25) is 5.02 Å². The molecule has 0 aliphatic carbocycles. The van der Waals surface area contributed by atoms with Gasteiger partial charge in [0.1, 0.15) is 0 Å². The molecule has 2 nitrogen and oxygen atoms in total. The Bertz CT molecular complexity index is 380. The summed E-state index contributed by atoms with van der Waals surface area (Å²) in [6.45, 7) is 1.73. The molecule has 1 heterocycles. The van der Waals surface area contributed by atoms with E-state index in [1.54, 1.807) is 0 Å². The van der Waals surface area contributed by atoms with Crippen molar-refractivity contribution in [2.45, 2.75) is 25.3 Å². The van der Waals surface area contributed by atoms with Crippen LogP contribution in [0.3, 0.4) is 0 Å². The topological polar surface area (TPSA) is 35.2 Å². The number of hydrogen-bond acceptors (Lipinski definition) is 2. The van der Waals surface area contributed by atoms with Crippen LogP contribution in [0.15, 0.2) is 22.7 Å². The standard InChI is InChI=1S/C13H17BrClNO/c14-10-1-2-11(12(15)8-10)13(16)7-9-3-5-17-6-4-9/h1-2,8-9,13H,3-7,16H2. The first-order chi connectivity index (χ1) is 8.16. The molecule has 1 fully saturated rings. The molecule has 4 heteroatoms. The minimum absolute atomic E-state index is 0.0266. The Kier molecular flexibility index (Phi) is 4.86. The summed E-state index contributed by atoms with van der Waals surface area (Å²) in [5.41, 5.74) is 7.28. The van der Waals surface area contributed by atoms with Gasteiger partial charge in [0, 0.05) is 28.8 Å². The molecule has 2 N–H and O–H groups in total. The van der Waals surface area contributed by atoms with E-state index in [-0.39, 0.29) is 6.04 Å². The number of halogens is 2. The highest BCUT2D eigenvalue weighted by Gasteiger charge is 2.19. The molecule has 1 saturated heterocycles. The Morgan fingerprint density at radius 1 is 1.41 bits per heavy atom. The Morgan fingerprint density at radius 2 is 2.12 bits per heavy atom. The monoisotopic (exact) mass is 317 g/mol. The maximum atomic E-state index is 6.24. The highest BCUT2D eigenvalue weighted by atomic mass is 79.9. The van der Waals surface area contributed by atoms with Gasteiger partial charge in [-0.25, -0.2) is 0 Å². The quantitative estimate of drug-likeness (QED) is 0.917. The summed E-state index contributed by atoms with van der Waals surface area (Å²) in [4.78, 5) is 0. The van der Waals surface area contributed by atoms with Crippen LogP contribution >= 0.6 is 27.5 Å². The van der Waals surface area contributed by atoms with E-state index in [2.05, 4.69) is 15.9 Å². The molecule has 0 saturated carbocycles. The lowest BCUT2D eigenvalue weighted by Crippen LogP contribution is -2.21. The molecule has 94 valence electrons.